The molecule has 0 saturated carbocycles. The van der Waals surface area contributed by atoms with Gasteiger partial charge in [-0.05, 0) is 0 Å². The molecule has 0 bridgehead atoms. The molecule has 1 rings (SSSR count). The van der Waals surface area contributed by atoms with Gasteiger partial charge in [0.05, 0.1) is 0 Å². The lowest BCUT2D eigenvalue weighted by Crippen LogP contribution is -2.11. The standard InChI is InChI=1S/C5H3N3O4/c9-4(10)2-6-1-7-3(8-2)5(11)12/h1H,(H,9,10)(H,11,12). The molecule has 62 valence electrons. The quantitative estimate of drug-likeness (QED) is 0.599. The first-order chi connectivity index (χ1) is 5.61. The van der Waals surface area contributed by atoms with Crippen molar-refractivity contribution in [2.24, 2.45) is 0 Å². The van der Waals surface area contributed by atoms with Crippen LogP contribution in [0.5, 0.6) is 0 Å². The zero-order chi connectivity index (χ0) is 9.14. The maximum atomic E-state index is 10.2. The highest BCUT2D eigenvalue weighted by atomic mass is 16.4. The number of rotatable bonds is 2. The van der Waals surface area contributed by atoms with Crippen molar-refractivity contribution in [3.05, 3.63) is 18.0 Å². The number of carboxylic acids is 2. The van der Waals surface area contributed by atoms with E-state index in [2.05, 4.69) is 15.0 Å². The SMILES string of the molecule is O=C(O)c1ncnc(C(=O)O)n1. The molecule has 12 heavy (non-hydrogen) atoms. The summed E-state index contributed by atoms with van der Waals surface area (Å²) < 4.78 is 0. The normalized spacial score (nSPS) is 9.33. The first-order valence-corrected chi connectivity index (χ1v) is 2.77. The molecule has 0 radical (unpaired) electrons. The molecule has 0 aliphatic heterocycles. The molecule has 0 unspecified atom stereocenters. The van der Waals surface area contributed by atoms with Gasteiger partial charge in [0.2, 0.25) is 11.6 Å². The van der Waals surface area contributed by atoms with Crippen LogP contribution >= 0.6 is 0 Å². The van der Waals surface area contributed by atoms with Crippen molar-refractivity contribution in [3.63, 3.8) is 0 Å². The number of hydrogen-bond donors (Lipinski definition) is 2. The van der Waals surface area contributed by atoms with Crippen LogP contribution < -0.4 is 0 Å². The molecule has 7 nitrogen and oxygen atoms in total. The molecule has 7 heteroatoms. The summed E-state index contributed by atoms with van der Waals surface area (Å²) in [7, 11) is 0. The number of aromatic carboxylic acids is 2. The van der Waals surface area contributed by atoms with E-state index in [1.807, 2.05) is 0 Å². The summed E-state index contributed by atoms with van der Waals surface area (Å²) in [5, 5.41) is 16.7. The van der Waals surface area contributed by atoms with Gasteiger partial charge >= 0.3 is 11.9 Å². The van der Waals surface area contributed by atoms with Crippen molar-refractivity contribution in [3.8, 4) is 0 Å². The van der Waals surface area contributed by atoms with E-state index in [9.17, 15) is 9.59 Å². The van der Waals surface area contributed by atoms with Crippen molar-refractivity contribution in [2.75, 3.05) is 0 Å². The maximum absolute atomic E-state index is 10.2. The van der Waals surface area contributed by atoms with E-state index in [1.165, 1.54) is 0 Å². The van der Waals surface area contributed by atoms with Crippen LogP contribution in [0, 0.1) is 0 Å². The van der Waals surface area contributed by atoms with Crippen LogP contribution in [0.25, 0.3) is 0 Å². The molecule has 0 fully saturated rings. The van der Waals surface area contributed by atoms with E-state index in [4.69, 9.17) is 10.2 Å². The van der Waals surface area contributed by atoms with Crippen LogP contribution in [-0.4, -0.2) is 37.1 Å². The Balaban J connectivity index is 3.12. The molecule has 0 aromatic carbocycles. The molecule has 0 saturated heterocycles. The molecule has 0 aliphatic rings. The van der Waals surface area contributed by atoms with Crippen LogP contribution in [0.15, 0.2) is 6.33 Å². The highest BCUT2D eigenvalue weighted by Crippen LogP contribution is 1.90. The molecule has 0 amide bonds. The Hall–Kier alpha value is -2.05. The summed E-state index contributed by atoms with van der Waals surface area (Å²) in [5.41, 5.74) is 0. The maximum Gasteiger partial charge on any atom is 0.374 e. The van der Waals surface area contributed by atoms with E-state index in [0.29, 0.717) is 0 Å². The highest BCUT2D eigenvalue weighted by molar-refractivity contribution is 5.86. The molecular weight excluding hydrogens is 166 g/mol. The minimum absolute atomic E-state index is 0.581. The number of carboxylic acid groups (broad SMARTS) is 2. The van der Waals surface area contributed by atoms with E-state index in [1.54, 1.807) is 0 Å². The highest BCUT2D eigenvalue weighted by Gasteiger charge is 2.11. The van der Waals surface area contributed by atoms with Gasteiger partial charge in [0.15, 0.2) is 0 Å². The van der Waals surface area contributed by atoms with Crippen molar-refractivity contribution in [1.82, 2.24) is 15.0 Å². The summed E-state index contributed by atoms with van der Waals surface area (Å²) in [6.45, 7) is 0. The Morgan fingerprint density at radius 1 is 1.08 bits per heavy atom. The first kappa shape index (κ1) is 8.05. The zero-order valence-corrected chi connectivity index (χ0v) is 5.63. The zero-order valence-electron chi connectivity index (χ0n) is 5.63. The van der Waals surface area contributed by atoms with Gasteiger partial charge in [-0.1, -0.05) is 0 Å². The van der Waals surface area contributed by atoms with E-state index >= 15 is 0 Å². The summed E-state index contributed by atoms with van der Waals surface area (Å²) in [4.78, 5) is 30.1. The van der Waals surface area contributed by atoms with Gasteiger partial charge in [-0.3, -0.25) is 0 Å². The smallest absolute Gasteiger partial charge is 0.374 e. The van der Waals surface area contributed by atoms with Gasteiger partial charge in [-0.2, -0.15) is 4.98 Å². The largest absolute Gasteiger partial charge is 0.475 e. The Morgan fingerprint density at radius 2 is 1.50 bits per heavy atom. The van der Waals surface area contributed by atoms with Crippen LogP contribution in [-0.2, 0) is 0 Å². The Morgan fingerprint density at radius 3 is 1.83 bits per heavy atom. The fraction of sp³-hybridized carbons (Fsp3) is 0. The van der Waals surface area contributed by atoms with Crippen LogP contribution in [0.1, 0.15) is 21.2 Å². The molecule has 0 atom stereocenters. The van der Waals surface area contributed by atoms with Crippen molar-refractivity contribution < 1.29 is 19.8 Å². The van der Waals surface area contributed by atoms with Crippen molar-refractivity contribution in [2.45, 2.75) is 0 Å². The fourth-order valence-corrected chi connectivity index (χ4v) is 0.502. The average molecular weight is 169 g/mol. The molecular formula is C5H3N3O4. The third-order valence-corrected chi connectivity index (χ3v) is 0.954. The predicted octanol–water partition coefficient (Wildman–Crippen LogP) is -0.732. The molecule has 1 aromatic heterocycles. The molecule has 1 heterocycles. The molecule has 0 aliphatic carbocycles. The lowest BCUT2D eigenvalue weighted by atomic mass is 10.5. The molecule has 1 aromatic rings. The Labute approximate surface area is 65.7 Å². The molecule has 2 N–H and O–H groups in total. The lowest BCUT2D eigenvalue weighted by Gasteiger charge is -1.92. The fourth-order valence-electron chi connectivity index (χ4n) is 0.502. The average Bonchev–Trinajstić information content (AvgIpc) is 2.04. The second-order valence-electron chi connectivity index (χ2n) is 1.74. The summed E-state index contributed by atoms with van der Waals surface area (Å²) in [6.07, 6.45) is 0.833. The van der Waals surface area contributed by atoms with Gasteiger partial charge in [0, 0.05) is 0 Å². The topological polar surface area (TPSA) is 113 Å². The number of nitrogens with zero attached hydrogens (tertiary/aromatic N) is 3. The second kappa shape index (κ2) is 2.91. The van der Waals surface area contributed by atoms with Gasteiger partial charge in [0.1, 0.15) is 6.33 Å². The summed E-state index contributed by atoms with van der Waals surface area (Å²) in [6, 6.07) is 0. The van der Waals surface area contributed by atoms with Gasteiger partial charge in [0.25, 0.3) is 0 Å². The monoisotopic (exact) mass is 169 g/mol. The van der Waals surface area contributed by atoms with E-state index in [-0.39, 0.29) is 0 Å². The number of carbonyl (C=O) groups is 2. The van der Waals surface area contributed by atoms with Gasteiger partial charge in [-0.15, -0.1) is 0 Å². The number of hydrogen-bond acceptors (Lipinski definition) is 5. The summed E-state index contributed by atoms with van der Waals surface area (Å²) >= 11 is 0. The number of aromatic nitrogens is 3. The third-order valence-electron chi connectivity index (χ3n) is 0.954. The Kier molecular flexibility index (Phi) is 1.95. The van der Waals surface area contributed by atoms with Gasteiger partial charge in [-0.25, -0.2) is 19.6 Å². The second-order valence-corrected chi connectivity index (χ2v) is 1.74. The first-order valence-electron chi connectivity index (χ1n) is 2.77. The third kappa shape index (κ3) is 1.51. The minimum atomic E-state index is -1.39. The Bertz CT molecular complexity index is 308. The predicted molar refractivity (Wildman–Crippen MR) is 33.7 cm³/mol. The molecule has 0 spiro atoms. The van der Waals surface area contributed by atoms with Crippen molar-refractivity contribution in [1.29, 1.82) is 0 Å². The van der Waals surface area contributed by atoms with Crippen LogP contribution in [0.4, 0.5) is 0 Å². The van der Waals surface area contributed by atoms with Crippen LogP contribution in [0.2, 0.25) is 0 Å². The van der Waals surface area contributed by atoms with Crippen LogP contribution in [0.3, 0.4) is 0 Å². The van der Waals surface area contributed by atoms with Crippen molar-refractivity contribution >= 4 is 11.9 Å². The minimum Gasteiger partial charge on any atom is -0.475 e. The van der Waals surface area contributed by atoms with E-state index in [0.717, 1.165) is 6.33 Å². The van der Waals surface area contributed by atoms with E-state index < -0.39 is 23.6 Å². The summed E-state index contributed by atoms with van der Waals surface area (Å²) in [5.74, 6) is -3.94. The lowest BCUT2D eigenvalue weighted by molar-refractivity contribution is 0.0674. The van der Waals surface area contributed by atoms with Gasteiger partial charge < -0.3 is 10.2 Å².